The van der Waals surface area contributed by atoms with Crippen LogP contribution in [-0.4, -0.2) is 42.8 Å². The normalized spacial score (nSPS) is 46.0. The molecule has 0 amide bonds. The first kappa shape index (κ1) is 12.9. The Labute approximate surface area is 111 Å². The highest BCUT2D eigenvalue weighted by Gasteiger charge is 2.38. The van der Waals surface area contributed by atoms with Crippen LogP contribution >= 0.6 is 0 Å². The van der Waals surface area contributed by atoms with Crippen molar-refractivity contribution in [2.24, 2.45) is 17.6 Å². The molecule has 1 saturated heterocycles. The van der Waals surface area contributed by atoms with Gasteiger partial charge in [-0.1, -0.05) is 6.92 Å². The molecule has 104 valence electrons. The van der Waals surface area contributed by atoms with Gasteiger partial charge in [0.25, 0.3) is 0 Å². The summed E-state index contributed by atoms with van der Waals surface area (Å²) in [5, 5.41) is 0. The smallest absolute Gasteiger partial charge is 0.0730 e. The maximum absolute atomic E-state index is 6.34. The summed E-state index contributed by atoms with van der Waals surface area (Å²) in [6.45, 7) is 5.66. The van der Waals surface area contributed by atoms with Crippen LogP contribution in [0, 0.1) is 11.8 Å². The molecule has 2 aliphatic carbocycles. The van der Waals surface area contributed by atoms with Gasteiger partial charge in [0.15, 0.2) is 0 Å². The average Bonchev–Trinajstić information content (AvgIpc) is 2.83. The standard InChI is InChI=1S/C15H28N2O/c1-11-5-6-13(16)12(9-11)10-17-7-8-18-15-4-2-3-14(15)17/h11-15H,2-10,16H2,1H3. The van der Waals surface area contributed by atoms with Gasteiger partial charge in [-0.25, -0.2) is 0 Å². The lowest BCUT2D eigenvalue weighted by molar-refractivity contribution is -0.0633. The van der Waals surface area contributed by atoms with Gasteiger partial charge in [0.1, 0.15) is 0 Å². The van der Waals surface area contributed by atoms with Crippen LogP contribution in [0.3, 0.4) is 0 Å². The van der Waals surface area contributed by atoms with E-state index in [4.69, 9.17) is 10.5 Å². The van der Waals surface area contributed by atoms with Gasteiger partial charge in [-0.05, 0) is 50.4 Å². The predicted molar refractivity (Wildman–Crippen MR) is 73.4 cm³/mol. The highest BCUT2D eigenvalue weighted by molar-refractivity contribution is 4.92. The summed E-state index contributed by atoms with van der Waals surface area (Å²) in [6.07, 6.45) is 8.36. The van der Waals surface area contributed by atoms with Gasteiger partial charge in [-0.2, -0.15) is 0 Å². The molecule has 1 heterocycles. The van der Waals surface area contributed by atoms with Gasteiger partial charge in [0, 0.05) is 25.2 Å². The summed E-state index contributed by atoms with van der Waals surface area (Å²) < 4.78 is 5.90. The molecule has 0 spiro atoms. The van der Waals surface area contributed by atoms with E-state index in [1.807, 2.05) is 0 Å². The van der Waals surface area contributed by atoms with E-state index in [0.717, 1.165) is 19.1 Å². The molecule has 0 aromatic carbocycles. The molecule has 1 aliphatic heterocycles. The summed E-state index contributed by atoms with van der Waals surface area (Å²) in [5.74, 6) is 1.59. The lowest BCUT2D eigenvalue weighted by Crippen LogP contribution is -2.52. The highest BCUT2D eigenvalue weighted by atomic mass is 16.5. The minimum Gasteiger partial charge on any atom is -0.375 e. The molecule has 3 heteroatoms. The van der Waals surface area contributed by atoms with Crippen molar-refractivity contribution in [3.63, 3.8) is 0 Å². The van der Waals surface area contributed by atoms with Gasteiger partial charge >= 0.3 is 0 Å². The van der Waals surface area contributed by atoms with Crippen molar-refractivity contribution in [3.8, 4) is 0 Å². The minimum absolute atomic E-state index is 0.434. The number of fused-ring (bicyclic) bond motifs is 1. The fraction of sp³-hybridized carbons (Fsp3) is 1.00. The number of rotatable bonds is 2. The summed E-state index contributed by atoms with van der Waals surface area (Å²) >= 11 is 0. The van der Waals surface area contributed by atoms with E-state index >= 15 is 0 Å². The number of hydrogen-bond donors (Lipinski definition) is 1. The second-order valence-electron chi connectivity index (χ2n) is 6.74. The Balaban J connectivity index is 1.60. The second kappa shape index (κ2) is 5.48. The lowest BCUT2D eigenvalue weighted by atomic mass is 9.78. The molecular formula is C15H28N2O. The quantitative estimate of drug-likeness (QED) is 0.817. The number of morpholine rings is 1. The fourth-order valence-corrected chi connectivity index (χ4v) is 4.27. The Morgan fingerprint density at radius 3 is 3.00 bits per heavy atom. The maximum atomic E-state index is 6.34. The van der Waals surface area contributed by atoms with Crippen LogP contribution in [0.25, 0.3) is 0 Å². The van der Waals surface area contributed by atoms with Crippen LogP contribution in [-0.2, 0) is 4.74 Å². The number of nitrogens with two attached hydrogens (primary N) is 1. The van der Waals surface area contributed by atoms with Crippen molar-refractivity contribution in [3.05, 3.63) is 0 Å². The lowest BCUT2D eigenvalue weighted by Gasteiger charge is -2.42. The molecule has 3 fully saturated rings. The molecule has 0 radical (unpaired) electrons. The van der Waals surface area contributed by atoms with Crippen molar-refractivity contribution in [2.45, 2.75) is 63.6 Å². The third-order valence-electron chi connectivity index (χ3n) is 5.37. The molecule has 2 N–H and O–H groups in total. The molecular weight excluding hydrogens is 224 g/mol. The first-order chi connectivity index (χ1) is 8.74. The molecule has 0 bridgehead atoms. The third kappa shape index (κ3) is 2.59. The summed E-state index contributed by atoms with van der Waals surface area (Å²) in [5.41, 5.74) is 6.34. The van der Waals surface area contributed by atoms with Crippen LogP contribution in [0.1, 0.15) is 45.4 Å². The molecule has 0 aromatic heterocycles. The fourth-order valence-electron chi connectivity index (χ4n) is 4.27. The van der Waals surface area contributed by atoms with E-state index in [0.29, 0.717) is 24.1 Å². The molecule has 3 aliphatic rings. The zero-order valence-electron chi connectivity index (χ0n) is 11.7. The molecule has 5 atom stereocenters. The van der Waals surface area contributed by atoms with Crippen LogP contribution in [0.2, 0.25) is 0 Å². The summed E-state index contributed by atoms with van der Waals surface area (Å²) in [7, 11) is 0. The Kier molecular flexibility index (Phi) is 3.92. The monoisotopic (exact) mass is 252 g/mol. The van der Waals surface area contributed by atoms with Crippen LogP contribution < -0.4 is 5.73 Å². The van der Waals surface area contributed by atoms with Crippen LogP contribution in [0.15, 0.2) is 0 Å². The van der Waals surface area contributed by atoms with Crippen molar-refractivity contribution in [1.29, 1.82) is 0 Å². The zero-order chi connectivity index (χ0) is 12.5. The average molecular weight is 252 g/mol. The van der Waals surface area contributed by atoms with Gasteiger partial charge < -0.3 is 10.5 Å². The topological polar surface area (TPSA) is 38.5 Å². The number of nitrogens with zero attached hydrogens (tertiary/aromatic N) is 1. The van der Waals surface area contributed by atoms with Crippen molar-refractivity contribution in [1.82, 2.24) is 4.90 Å². The van der Waals surface area contributed by atoms with Crippen molar-refractivity contribution >= 4 is 0 Å². The number of hydrogen-bond acceptors (Lipinski definition) is 3. The Hall–Kier alpha value is -0.120. The summed E-state index contributed by atoms with van der Waals surface area (Å²) in [4.78, 5) is 2.70. The van der Waals surface area contributed by atoms with E-state index in [9.17, 15) is 0 Å². The largest absolute Gasteiger partial charge is 0.375 e. The molecule has 0 aromatic rings. The third-order valence-corrected chi connectivity index (χ3v) is 5.37. The van der Waals surface area contributed by atoms with Gasteiger partial charge in [-0.15, -0.1) is 0 Å². The minimum atomic E-state index is 0.434. The molecule has 3 rings (SSSR count). The van der Waals surface area contributed by atoms with Crippen molar-refractivity contribution < 1.29 is 4.74 Å². The second-order valence-corrected chi connectivity index (χ2v) is 6.74. The SMILES string of the molecule is CC1CCC(N)C(CN2CCOC3CCCC32)C1. The molecule has 18 heavy (non-hydrogen) atoms. The molecule has 3 nitrogen and oxygen atoms in total. The van der Waals surface area contributed by atoms with Gasteiger partial charge in [0.05, 0.1) is 12.7 Å². The van der Waals surface area contributed by atoms with E-state index in [1.165, 1.54) is 45.1 Å². The van der Waals surface area contributed by atoms with E-state index < -0.39 is 0 Å². The molecule has 5 unspecified atom stereocenters. The predicted octanol–water partition coefficient (Wildman–Crippen LogP) is 2.00. The van der Waals surface area contributed by atoms with Gasteiger partial charge in [-0.3, -0.25) is 4.90 Å². The molecule has 2 saturated carbocycles. The van der Waals surface area contributed by atoms with Crippen LogP contribution in [0.4, 0.5) is 0 Å². The Morgan fingerprint density at radius 2 is 2.11 bits per heavy atom. The number of ether oxygens (including phenoxy) is 1. The Morgan fingerprint density at radius 1 is 1.22 bits per heavy atom. The van der Waals surface area contributed by atoms with Crippen molar-refractivity contribution in [2.75, 3.05) is 19.7 Å². The van der Waals surface area contributed by atoms with Gasteiger partial charge in [0.2, 0.25) is 0 Å². The zero-order valence-corrected chi connectivity index (χ0v) is 11.7. The van der Waals surface area contributed by atoms with Crippen LogP contribution in [0.5, 0.6) is 0 Å². The first-order valence-electron chi connectivity index (χ1n) is 7.85. The Bertz CT molecular complexity index is 284. The van der Waals surface area contributed by atoms with E-state index in [2.05, 4.69) is 11.8 Å². The van der Waals surface area contributed by atoms with E-state index in [-0.39, 0.29) is 0 Å². The first-order valence-corrected chi connectivity index (χ1v) is 7.85. The maximum Gasteiger partial charge on any atom is 0.0730 e. The van der Waals surface area contributed by atoms with E-state index in [1.54, 1.807) is 0 Å². The highest BCUT2D eigenvalue weighted by Crippen LogP contribution is 2.33. The summed E-state index contributed by atoms with van der Waals surface area (Å²) in [6, 6.07) is 1.13.